The average molecular weight is 192 g/mol. The van der Waals surface area contributed by atoms with Crippen LogP contribution in [0.5, 0.6) is 5.75 Å². The lowest BCUT2D eigenvalue weighted by Crippen LogP contribution is -1.97. The molecule has 1 aromatic rings. The Hall–Kier alpha value is -1.28. The average Bonchev–Trinajstić information content (AvgIpc) is 2.15. The molecule has 2 heteroatoms. The maximum Gasteiger partial charge on any atom is 0.122 e. The van der Waals surface area contributed by atoms with Crippen molar-refractivity contribution in [2.45, 2.75) is 20.0 Å². The van der Waals surface area contributed by atoms with Crippen molar-refractivity contribution in [3.63, 3.8) is 0 Å². The number of hydrogen-bond donors (Lipinski definition) is 1. The van der Waals surface area contributed by atoms with Crippen molar-refractivity contribution in [1.82, 2.24) is 0 Å². The van der Waals surface area contributed by atoms with E-state index >= 15 is 0 Å². The van der Waals surface area contributed by atoms with E-state index in [4.69, 9.17) is 4.74 Å². The summed E-state index contributed by atoms with van der Waals surface area (Å²) in [6.45, 7) is 7.81. The first-order valence-electron chi connectivity index (χ1n) is 4.67. The van der Waals surface area contributed by atoms with Gasteiger partial charge in [-0.1, -0.05) is 18.7 Å². The highest BCUT2D eigenvalue weighted by atomic mass is 16.5. The Morgan fingerprint density at radius 1 is 1.57 bits per heavy atom. The number of aliphatic hydroxyl groups excluding tert-OH is 1. The molecule has 14 heavy (non-hydrogen) atoms. The molecule has 0 saturated carbocycles. The maximum atomic E-state index is 9.36. The van der Waals surface area contributed by atoms with Crippen molar-refractivity contribution in [3.05, 3.63) is 42.0 Å². The predicted molar refractivity (Wildman–Crippen MR) is 57.5 cm³/mol. The van der Waals surface area contributed by atoms with Crippen molar-refractivity contribution in [2.75, 3.05) is 6.61 Å². The van der Waals surface area contributed by atoms with Gasteiger partial charge in [-0.05, 0) is 37.1 Å². The summed E-state index contributed by atoms with van der Waals surface area (Å²) in [6.07, 6.45) is 1.28. The Morgan fingerprint density at radius 2 is 2.29 bits per heavy atom. The summed E-state index contributed by atoms with van der Waals surface area (Å²) in [6, 6.07) is 5.68. The van der Waals surface area contributed by atoms with Crippen LogP contribution in [0.15, 0.2) is 30.9 Å². The van der Waals surface area contributed by atoms with Crippen molar-refractivity contribution < 1.29 is 9.84 Å². The summed E-state index contributed by atoms with van der Waals surface area (Å²) in [5.41, 5.74) is 1.94. The summed E-state index contributed by atoms with van der Waals surface area (Å²) < 4.78 is 5.42. The molecule has 0 spiro atoms. The zero-order chi connectivity index (χ0) is 10.6. The largest absolute Gasteiger partial charge is 0.489 e. The number of aliphatic hydroxyl groups is 1. The van der Waals surface area contributed by atoms with Gasteiger partial charge < -0.3 is 9.84 Å². The minimum absolute atomic E-state index is 0.429. The predicted octanol–water partition coefficient (Wildman–Crippen LogP) is 2.61. The van der Waals surface area contributed by atoms with Crippen LogP contribution in [-0.4, -0.2) is 11.7 Å². The van der Waals surface area contributed by atoms with Gasteiger partial charge in [-0.25, -0.2) is 0 Å². The van der Waals surface area contributed by atoms with Crippen molar-refractivity contribution in [1.29, 1.82) is 0 Å². The van der Waals surface area contributed by atoms with Crippen LogP contribution in [0.1, 0.15) is 24.2 Å². The zero-order valence-electron chi connectivity index (χ0n) is 8.66. The third-order valence-corrected chi connectivity index (χ3v) is 2.04. The Balaban J connectivity index is 2.84. The third kappa shape index (κ3) is 2.60. The minimum Gasteiger partial charge on any atom is -0.489 e. The number of rotatable bonds is 4. The van der Waals surface area contributed by atoms with Gasteiger partial charge >= 0.3 is 0 Å². The smallest absolute Gasteiger partial charge is 0.122 e. The van der Waals surface area contributed by atoms with Crippen LogP contribution in [-0.2, 0) is 0 Å². The van der Waals surface area contributed by atoms with Gasteiger partial charge in [0.25, 0.3) is 0 Å². The zero-order valence-corrected chi connectivity index (χ0v) is 8.66. The first-order valence-corrected chi connectivity index (χ1v) is 4.67. The molecule has 1 atom stereocenters. The molecule has 1 aromatic carbocycles. The van der Waals surface area contributed by atoms with Gasteiger partial charge in [0.1, 0.15) is 12.4 Å². The van der Waals surface area contributed by atoms with Gasteiger partial charge in [0.2, 0.25) is 0 Å². The molecule has 0 radical (unpaired) electrons. The van der Waals surface area contributed by atoms with Crippen molar-refractivity contribution in [2.24, 2.45) is 0 Å². The molecule has 1 N–H and O–H groups in total. The Kier molecular flexibility index (Phi) is 3.72. The van der Waals surface area contributed by atoms with E-state index in [1.54, 1.807) is 13.0 Å². The van der Waals surface area contributed by atoms with Crippen LogP contribution in [0.3, 0.4) is 0 Å². The van der Waals surface area contributed by atoms with Gasteiger partial charge in [0.15, 0.2) is 0 Å². The van der Waals surface area contributed by atoms with E-state index in [1.165, 1.54) is 0 Å². The molecule has 76 valence electrons. The molecule has 0 fully saturated rings. The fourth-order valence-corrected chi connectivity index (χ4v) is 1.24. The second-order valence-electron chi connectivity index (χ2n) is 3.30. The standard InChI is InChI=1S/C12H16O2/c1-4-7-14-12-6-5-11(10(3)13)8-9(12)2/h4-6,8,10,13H,1,7H2,2-3H3. The van der Waals surface area contributed by atoms with Gasteiger partial charge in [0.05, 0.1) is 6.10 Å². The summed E-state index contributed by atoms with van der Waals surface area (Å²) in [4.78, 5) is 0. The van der Waals surface area contributed by atoms with Gasteiger partial charge in [-0.15, -0.1) is 0 Å². The van der Waals surface area contributed by atoms with Crippen LogP contribution < -0.4 is 4.74 Å². The van der Waals surface area contributed by atoms with E-state index in [0.717, 1.165) is 16.9 Å². The summed E-state index contributed by atoms with van der Waals surface area (Å²) >= 11 is 0. The fraction of sp³-hybridized carbons (Fsp3) is 0.333. The quantitative estimate of drug-likeness (QED) is 0.743. The molecule has 0 aromatic heterocycles. The van der Waals surface area contributed by atoms with E-state index < -0.39 is 6.10 Å². The number of ether oxygens (including phenoxy) is 1. The van der Waals surface area contributed by atoms with Crippen LogP contribution in [0.4, 0.5) is 0 Å². The third-order valence-electron chi connectivity index (χ3n) is 2.04. The Bertz CT molecular complexity index is 316. The molecular formula is C12H16O2. The Morgan fingerprint density at radius 3 is 2.79 bits per heavy atom. The molecule has 0 bridgehead atoms. The minimum atomic E-state index is -0.429. The van der Waals surface area contributed by atoms with E-state index in [-0.39, 0.29) is 0 Å². The molecule has 0 aliphatic heterocycles. The van der Waals surface area contributed by atoms with E-state index in [9.17, 15) is 5.11 Å². The summed E-state index contributed by atoms with van der Waals surface area (Å²) in [7, 11) is 0. The van der Waals surface area contributed by atoms with Gasteiger partial charge in [0, 0.05) is 0 Å². The van der Waals surface area contributed by atoms with E-state index in [2.05, 4.69) is 6.58 Å². The molecular weight excluding hydrogens is 176 g/mol. The lowest BCUT2D eigenvalue weighted by Gasteiger charge is -2.10. The fourth-order valence-electron chi connectivity index (χ4n) is 1.24. The second kappa shape index (κ2) is 4.82. The molecule has 0 aliphatic rings. The van der Waals surface area contributed by atoms with Gasteiger partial charge in [-0.2, -0.15) is 0 Å². The van der Waals surface area contributed by atoms with Crippen LogP contribution in [0, 0.1) is 6.92 Å². The molecule has 1 unspecified atom stereocenters. The first-order chi connectivity index (χ1) is 6.65. The highest BCUT2D eigenvalue weighted by molar-refractivity contribution is 5.37. The Labute approximate surface area is 84.8 Å². The lowest BCUT2D eigenvalue weighted by atomic mass is 10.1. The normalized spacial score (nSPS) is 12.2. The molecule has 1 rings (SSSR count). The molecule has 0 aliphatic carbocycles. The maximum absolute atomic E-state index is 9.36. The molecule has 0 amide bonds. The topological polar surface area (TPSA) is 29.5 Å². The molecule has 0 saturated heterocycles. The van der Waals surface area contributed by atoms with Crippen LogP contribution >= 0.6 is 0 Å². The molecule has 0 heterocycles. The number of hydrogen-bond acceptors (Lipinski definition) is 2. The van der Waals surface area contributed by atoms with E-state index in [1.807, 2.05) is 25.1 Å². The summed E-state index contributed by atoms with van der Waals surface area (Å²) in [5, 5.41) is 9.36. The highest BCUT2D eigenvalue weighted by Gasteiger charge is 2.04. The van der Waals surface area contributed by atoms with Gasteiger partial charge in [-0.3, -0.25) is 0 Å². The SMILES string of the molecule is C=CCOc1ccc(C(C)O)cc1C. The number of benzene rings is 1. The van der Waals surface area contributed by atoms with Crippen molar-refractivity contribution >= 4 is 0 Å². The van der Waals surface area contributed by atoms with E-state index in [0.29, 0.717) is 6.61 Å². The summed E-state index contributed by atoms with van der Waals surface area (Å²) in [5.74, 6) is 0.842. The van der Waals surface area contributed by atoms with Crippen LogP contribution in [0.25, 0.3) is 0 Å². The molecule has 2 nitrogen and oxygen atoms in total. The lowest BCUT2D eigenvalue weighted by molar-refractivity contribution is 0.199. The monoisotopic (exact) mass is 192 g/mol. The first kappa shape index (κ1) is 10.8. The number of aryl methyl sites for hydroxylation is 1. The van der Waals surface area contributed by atoms with Crippen LogP contribution in [0.2, 0.25) is 0 Å². The van der Waals surface area contributed by atoms with Crippen molar-refractivity contribution in [3.8, 4) is 5.75 Å². The second-order valence-corrected chi connectivity index (χ2v) is 3.30. The highest BCUT2D eigenvalue weighted by Crippen LogP contribution is 2.22.